The molecule has 0 fully saturated rings. The van der Waals surface area contributed by atoms with E-state index in [0.29, 0.717) is 0 Å². The molecule has 0 aromatic rings. The highest BCUT2D eigenvalue weighted by atomic mass is 16.6. The van der Waals surface area contributed by atoms with Gasteiger partial charge in [0.1, 0.15) is 11.5 Å². The molecule has 0 aromatic carbocycles. The summed E-state index contributed by atoms with van der Waals surface area (Å²) in [7, 11) is 0. The molecule has 0 N–H and O–H groups in total. The molecular formula is C5H8O. The summed E-state index contributed by atoms with van der Waals surface area (Å²) in [5.74, 6) is 2.30. The van der Waals surface area contributed by atoms with E-state index in [9.17, 15) is 0 Å². The van der Waals surface area contributed by atoms with E-state index in [2.05, 4.69) is 6.92 Å². The SMILES string of the molecule is CCC1=C(C)O1. The van der Waals surface area contributed by atoms with E-state index < -0.39 is 0 Å². The quantitative estimate of drug-likeness (QED) is 0.470. The Bertz CT molecular complexity index is 92.1. The Morgan fingerprint density at radius 1 is 1.67 bits per heavy atom. The van der Waals surface area contributed by atoms with Crippen molar-refractivity contribution in [3.8, 4) is 0 Å². The van der Waals surface area contributed by atoms with Crippen molar-refractivity contribution in [1.29, 1.82) is 0 Å². The predicted molar refractivity (Wildman–Crippen MR) is 24.1 cm³/mol. The molecule has 1 heterocycles. The lowest BCUT2D eigenvalue weighted by atomic mass is 10.4. The third-order valence-corrected chi connectivity index (χ3v) is 0.948. The number of rotatable bonds is 1. The molecule has 0 unspecified atom stereocenters. The van der Waals surface area contributed by atoms with E-state index in [1.807, 2.05) is 6.92 Å². The van der Waals surface area contributed by atoms with Gasteiger partial charge in [0.25, 0.3) is 0 Å². The molecule has 1 heteroatoms. The van der Waals surface area contributed by atoms with E-state index in [0.717, 1.165) is 12.2 Å². The van der Waals surface area contributed by atoms with Crippen molar-refractivity contribution in [2.45, 2.75) is 20.3 Å². The molecule has 1 rings (SSSR count). The summed E-state index contributed by atoms with van der Waals surface area (Å²) in [6.45, 7) is 4.07. The van der Waals surface area contributed by atoms with Gasteiger partial charge in [-0.05, 0) is 6.92 Å². The maximum atomic E-state index is 4.90. The lowest BCUT2D eigenvalue weighted by molar-refractivity contribution is 0.459. The average Bonchev–Trinajstić information content (AvgIpc) is 2.19. The summed E-state index contributed by atoms with van der Waals surface area (Å²) in [6, 6.07) is 0. The molecule has 0 atom stereocenters. The number of hydrogen-bond donors (Lipinski definition) is 0. The first-order valence-corrected chi connectivity index (χ1v) is 2.22. The van der Waals surface area contributed by atoms with Crippen molar-refractivity contribution < 1.29 is 4.74 Å². The molecule has 0 radical (unpaired) electrons. The molecule has 1 aliphatic heterocycles. The second-order valence-corrected chi connectivity index (χ2v) is 1.43. The minimum absolute atomic E-state index is 1.06. The number of allylic oxidation sites excluding steroid dienone is 2. The fraction of sp³-hybridized carbons (Fsp3) is 0.600. The standard InChI is InChI=1S/C5H8O/c1-3-5-4(2)6-5/h3H2,1-2H3. The average molecular weight is 84.1 g/mol. The molecular weight excluding hydrogens is 76.1 g/mol. The van der Waals surface area contributed by atoms with Crippen molar-refractivity contribution in [2.75, 3.05) is 0 Å². The van der Waals surface area contributed by atoms with Crippen LogP contribution in [0.5, 0.6) is 0 Å². The first-order valence-electron chi connectivity index (χ1n) is 2.22. The van der Waals surface area contributed by atoms with Crippen LogP contribution in [-0.2, 0) is 4.74 Å². The van der Waals surface area contributed by atoms with Crippen LogP contribution in [0.2, 0.25) is 0 Å². The second-order valence-electron chi connectivity index (χ2n) is 1.43. The third-order valence-electron chi connectivity index (χ3n) is 0.948. The molecule has 6 heavy (non-hydrogen) atoms. The van der Waals surface area contributed by atoms with Crippen LogP contribution in [0.1, 0.15) is 20.3 Å². The molecule has 0 bridgehead atoms. The first-order chi connectivity index (χ1) is 2.84. The maximum absolute atomic E-state index is 4.90. The molecule has 1 aliphatic rings. The second kappa shape index (κ2) is 1.00. The van der Waals surface area contributed by atoms with Crippen molar-refractivity contribution in [1.82, 2.24) is 0 Å². The first kappa shape index (κ1) is 3.72. The minimum atomic E-state index is 1.06. The van der Waals surface area contributed by atoms with Gasteiger partial charge < -0.3 is 4.74 Å². The van der Waals surface area contributed by atoms with Crippen LogP contribution in [0.25, 0.3) is 0 Å². The summed E-state index contributed by atoms with van der Waals surface area (Å²) in [6.07, 6.45) is 1.06. The molecule has 0 saturated heterocycles. The molecule has 34 valence electrons. The Balaban J connectivity index is 2.38. The highest BCUT2D eigenvalue weighted by Crippen LogP contribution is 2.26. The summed E-state index contributed by atoms with van der Waals surface area (Å²) in [5.41, 5.74) is 0. The highest BCUT2D eigenvalue weighted by molar-refractivity contribution is 5.13. The van der Waals surface area contributed by atoms with Gasteiger partial charge in [0, 0.05) is 6.42 Å². The van der Waals surface area contributed by atoms with E-state index in [4.69, 9.17) is 4.74 Å². The lowest BCUT2D eigenvalue weighted by Gasteiger charge is -1.67. The zero-order valence-electron chi connectivity index (χ0n) is 4.12. The lowest BCUT2D eigenvalue weighted by Crippen LogP contribution is -1.50. The summed E-state index contributed by atoms with van der Waals surface area (Å²) in [4.78, 5) is 0. The molecule has 0 aliphatic carbocycles. The van der Waals surface area contributed by atoms with Crippen LogP contribution in [-0.4, -0.2) is 0 Å². The fourth-order valence-electron chi connectivity index (χ4n) is 0.480. The zero-order valence-corrected chi connectivity index (χ0v) is 4.12. The number of ether oxygens (including phenoxy) is 1. The van der Waals surface area contributed by atoms with Gasteiger partial charge in [0.2, 0.25) is 0 Å². The van der Waals surface area contributed by atoms with Crippen LogP contribution >= 0.6 is 0 Å². The summed E-state index contributed by atoms with van der Waals surface area (Å²) >= 11 is 0. The molecule has 0 amide bonds. The zero-order chi connectivity index (χ0) is 4.57. The van der Waals surface area contributed by atoms with Crippen LogP contribution in [0, 0.1) is 0 Å². The van der Waals surface area contributed by atoms with Gasteiger partial charge in [-0.2, -0.15) is 0 Å². The van der Waals surface area contributed by atoms with Crippen LogP contribution in [0.3, 0.4) is 0 Å². The van der Waals surface area contributed by atoms with Crippen molar-refractivity contribution >= 4 is 0 Å². The smallest absolute Gasteiger partial charge is 0.141 e. The normalized spacial score (nSPS) is 17.7. The minimum Gasteiger partial charge on any atom is -0.459 e. The largest absolute Gasteiger partial charge is 0.459 e. The van der Waals surface area contributed by atoms with Gasteiger partial charge in [0.15, 0.2) is 0 Å². The fourth-order valence-corrected chi connectivity index (χ4v) is 0.480. The Kier molecular flexibility index (Phi) is 0.621. The van der Waals surface area contributed by atoms with Gasteiger partial charge in [0.05, 0.1) is 0 Å². The van der Waals surface area contributed by atoms with Crippen molar-refractivity contribution in [3.05, 3.63) is 11.5 Å². The van der Waals surface area contributed by atoms with Gasteiger partial charge in [-0.25, -0.2) is 0 Å². The van der Waals surface area contributed by atoms with Gasteiger partial charge in [-0.3, -0.25) is 0 Å². The van der Waals surface area contributed by atoms with Crippen LogP contribution < -0.4 is 0 Å². The van der Waals surface area contributed by atoms with E-state index in [1.54, 1.807) is 0 Å². The Hall–Kier alpha value is -0.460. The van der Waals surface area contributed by atoms with Gasteiger partial charge in [-0.1, -0.05) is 6.92 Å². The van der Waals surface area contributed by atoms with Crippen molar-refractivity contribution in [2.24, 2.45) is 0 Å². The Morgan fingerprint density at radius 3 is 2.17 bits per heavy atom. The monoisotopic (exact) mass is 84.1 g/mol. The summed E-state index contributed by atoms with van der Waals surface area (Å²) in [5, 5.41) is 0. The maximum Gasteiger partial charge on any atom is 0.141 e. The highest BCUT2D eigenvalue weighted by Gasteiger charge is 2.15. The van der Waals surface area contributed by atoms with E-state index in [1.165, 1.54) is 5.76 Å². The van der Waals surface area contributed by atoms with E-state index in [-0.39, 0.29) is 0 Å². The number of hydrogen-bond acceptors (Lipinski definition) is 1. The third kappa shape index (κ3) is 0.402. The molecule has 0 aromatic heterocycles. The molecule has 0 saturated carbocycles. The topological polar surface area (TPSA) is 12.5 Å². The molecule has 1 nitrogen and oxygen atoms in total. The van der Waals surface area contributed by atoms with E-state index >= 15 is 0 Å². The Morgan fingerprint density at radius 2 is 2.17 bits per heavy atom. The molecule has 0 spiro atoms. The van der Waals surface area contributed by atoms with Crippen LogP contribution in [0.15, 0.2) is 11.5 Å². The summed E-state index contributed by atoms with van der Waals surface area (Å²) < 4.78 is 4.90. The van der Waals surface area contributed by atoms with Crippen molar-refractivity contribution in [3.63, 3.8) is 0 Å². The van der Waals surface area contributed by atoms with Crippen LogP contribution in [0.4, 0.5) is 0 Å². The van der Waals surface area contributed by atoms with Gasteiger partial charge in [-0.15, -0.1) is 0 Å². The Labute approximate surface area is 37.6 Å². The van der Waals surface area contributed by atoms with Gasteiger partial charge >= 0.3 is 0 Å². The predicted octanol–water partition coefficient (Wildman–Crippen LogP) is 1.66.